The molecule has 0 radical (unpaired) electrons. The summed E-state index contributed by atoms with van der Waals surface area (Å²) < 4.78 is 7.89. The largest absolute Gasteiger partial charge is 0.485 e. The number of nitrogens with one attached hydrogen (secondary N) is 1. The van der Waals surface area contributed by atoms with Crippen LogP contribution in [0.3, 0.4) is 0 Å². The first-order valence-corrected chi connectivity index (χ1v) is 11.5. The third kappa shape index (κ3) is 4.94. The van der Waals surface area contributed by atoms with Crippen molar-refractivity contribution in [3.63, 3.8) is 0 Å². The van der Waals surface area contributed by atoms with Crippen LogP contribution in [0.1, 0.15) is 31.2 Å². The molecule has 0 saturated carbocycles. The number of anilines is 1. The zero-order valence-corrected chi connectivity index (χ0v) is 19.2. The minimum Gasteiger partial charge on any atom is -0.485 e. The Balaban J connectivity index is 1.36. The Morgan fingerprint density at radius 3 is 2.62 bits per heavy atom. The lowest BCUT2D eigenvalue weighted by atomic mass is 10.0. The molecule has 1 N–H and O–H groups in total. The molecule has 0 bridgehead atoms. The van der Waals surface area contributed by atoms with Gasteiger partial charge in [-0.1, -0.05) is 80.2 Å². The Bertz CT molecular complexity index is 1230. The lowest BCUT2D eigenvalue weighted by Gasteiger charge is -2.13. The van der Waals surface area contributed by atoms with Gasteiger partial charge in [-0.3, -0.25) is 4.79 Å². The molecule has 6 nitrogen and oxygen atoms in total. The molecule has 0 saturated heterocycles. The van der Waals surface area contributed by atoms with E-state index in [0.717, 1.165) is 27.8 Å². The summed E-state index contributed by atoms with van der Waals surface area (Å²) in [6.07, 6.45) is 0. The van der Waals surface area contributed by atoms with Crippen molar-refractivity contribution in [3.8, 4) is 5.75 Å². The number of benzene rings is 3. The number of ether oxygens (including phenoxy) is 1. The standard InChI is InChI=1S/C25H26N4O2S/c1-17(2)19-11-6-7-13-21(19)26-24(30)16-32-25-28-27-23(29(25)3)15-31-22-14-8-10-18-9-4-5-12-20(18)22/h4-14,17H,15-16H2,1-3H3,(H,26,30). The van der Waals surface area contributed by atoms with E-state index in [4.69, 9.17) is 4.74 Å². The predicted octanol–water partition coefficient (Wildman–Crippen LogP) is 5.40. The molecule has 0 unspecified atom stereocenters. The Hall–Kier alpha value is -3.32. The number of para-hydroxylation sites is 1. The molecule has 32 heavy (non-hydrogen) atoms. The Labute approximate surface area is 192 Å². The van der Waals surface area contributed by atoms with E-state index < -0.39 is 0 Å². The SMILES string of the molecule is CC(C)c1ccccc1NC(=O)CSc1nnc(COc2cccc3ccccc23)n1C. The fourth-order valence-electron chi connectivity index (χ4n) is 3.49. The van der Waals surface area contributed by atoms with E-state index in [1.165, 1.54) is 11.8 Å². The zero-order chi connectivity index (χ0) is 22.5. The van der Waals surface area contributed by atoms with Crippen molar-refractivity contribution in [2.45, 2.75) is 31.5 Å². The molecule has 4 aromatic rings. The molecule has 164 valence electrons. The van der Waals surface area contributed by atoms with Crippen LogP contribution in [0.15, 0.2) is 71.9 Å². The highest BCUT2D eigenvalue weighted by Crippen LogP contribution is 2.27. The first-order valence-electron chi connectivity index (χ1n) is 10.5. The second-order valence-corrected chi connectivity index (χ2v) is 8.75. The number of rotatable bonds is 8. The molecule has 0 atom stereocenters. The normalized spacial score (nSPS) is 11.1. The van der Waals surface area contributed by atoms with Crippen LogP contribution in [0.2, 0.25) is 0 Å². The number of nitrogens with zero attached hydrogens (tertiary/aromatic N) is 3. The second kappa shape index (κ2) is 9.87. The van der Waals surface area contributed by atoms with E-state index in [2.05, 4.69) is 41.5 Å². The van der Waals surface area contributed by atoms with Gasteiger partial charge in [0.2, 0.25) is 5.91 Å². The van der Waals surface area contributed by atoms with E-state index >= 15 is 0 Å². The maximum atomic E-state index is 12.5. The second-order valence-electron chi connectivity index (χ2n) is 7.80. The van der Waals surface area contributed by atoms with Crippen molar-refractivity contribution in [3.05, 3.63) is 78.1 Å². The molecule has 1 amide bonds. The van der Waals surface area contributed by atoms with Crippen molar-refractivity contribution in [1.29, 1.82) is 0 Å². The molecule has 0 aliphatic heterocycles. The Morgan fingerprint density at radius 2 is 1.78 bits per heavy atom. The summed E-state index contributed by atoms with van der Waals surface area (Å²) >= 11 is 1.36. The number of aromatic nitrogens is 3. The summed E-state index contributed by atoms with van der Waals surface area (Å²) in [6.45, 7) is 4.52. The first kappa shape index (κ1) is 21.9. The highest BCUT2D eigenvalue weighted by atomic mass is 32.2. The van der Waals surface area contributed by atoms with Crippen LogP contribution in [-0.4, -0.2) is 26.4 Å². The van der Waals surface area contributed by atoms with Gasteiger partial charge >= 0.3 is 0 Å². The smallest absolute Gasteiger partial charge is 0.234 e. The molecular weight excluding hydrogens is 420 g/mol. The van der Waals surface area contributed by atoms with Crippen LogP contribution in [-0.2, 0) is 18.4 Å². The summed E-state index contributed by atoms with van der Waals surface area (Å²) in [7, 11) is 1.89. The topological polar surface area (TPSA) is 69.0 Å². The number of carbonyl (C=O) groups excluding carboxylic acids is 1. The number of carbonyl (C=O) groups is 1. The molecule has 7 heteroatoms. The Kier molecular flexibility index (Phi) is 6.75. The minimum absolute atomic E-state index is 0.0698. The summed E-state index contributed by atoms with van der Waals surface area (Å²) in [4.78, 5) is 12.5. The van der Waals surface area contributed by atoms with Gasteiger partial charge in [0.25, 0.3) is 0 Å². The maximum Gasteiger partial charge on any atom is 0.234 e. The van der Waals surface area contributed by atoms with Gasteiger partial charge in [-0.25, -0.2) is 0 Å². The third-order valence-electron chi connectivity index (χ3n) is 5.22. The van der Waals surface area contributed by atoms with E-state index in [9.17, 15) is 4.79 Å². The van der Waals surface area contributed by atoms with Gasteiger partial charge in [0.05, 0.1) is 5.75 Å². The highest BCUT2D eigenvalue weighted by Gasteiger charge is 2.14. The highest BCUT2D eigenvalue weighted by molar-refractivity contribution is 7.99. The predicted molar refractivity (Wildman–Crippen MR) is 129 cm³/mol. The van der Waals surface area contributed by atoms with Crippen LogP contribution in [0.5, 0.6) is 5.75 Å². The first-order chi connectivity index (χ1) is 15.5. The lowest BCUT2D eigenvalue weighted by Crippen LogP contribution is -2.16. The summed E-state index contributed by atoms with van der Waals surface area (Å²) in [6, 6.07) is 22.0. The molecule has 1 heterocycles. The molecule has 0 spiro atoms. The third-order valence-corrected chi connectivity index (χ3v) is 6.24. The van der Waals surface area contributed by atoms with Crippen molar-refractivity contribution in [2.24, 2.45) is 7.05 Å². The summed E-state index contributed by atoms with van der Waals surface area (Å²) in [5, 5.41) is 14.4. The van der Waals surface area contributed by atoms with Gasteiger partial charge in [0.15, 0.2) is 11.0 Å². The van der Waals surface area contributed by atoms with Crippen LogP contribution in [0, 0.1) is 0 Å². The molecular formula is C25H26N4O2S. The summed E-state index contributed by atoms with van der Waals surface area (Å²) in [5.41, 5.74) is 1.98. The van der Waals surface area contributed by atoms with Crippen molar-refractivity contribution in [2.75, 3.05) is 11.1 Å². The molecule has 1 aromatic heterocycles. The van der Waals surface area contributed by atoms with E-state index in [0.29, 0.717) is 23.5 Å². The fourth-order valence-corrected chi connectivity index (χ4v) is 4.22. The molecule has 0 fully saturated rings. The van der Waals surface area contributed by atoms with Gasteiger partial charge < -0.3 is 14.6 Å². The van der Waals surface area contributed by atoms with Crippen LogP contribution in [0.25, 0.3) is 10.8 Å². The van der Waals surface area contributed by atoms with Crippen molar-refractivity contribution >= 4 is 34.1 Å². The van der Waals surface area contributed by atoms with Crippen LogP contribution < -0.4 is 10.1 Å². The molecule has 4 rings (SSSR count). The lowest BCUT2D eigenvalue weighted by molar-refractivity contribution is -0.113. The number of fused-ring (bicyclic) bond motifs is 1. The number of hydrogen-bond acceptors (Lipinski definition) is 5. The van der Waals surface area contributed by atoms with E-state index in [-0.39, 0.29) is 11.7 Å². The van der Waals surface area contributed by atoms with Gasteiger partial charge in [0, 0.05) is 18.1 Å². The van der Waals surface area contributed by atoms with E-state index in [1.54, 1.807) is 0 Å². The average Bonchev–Trinajstić information content (AvgIpc) is 3.15. The maximum absolute atomic E-state index is 12.5. The quantitative estimate of drug-likeness (QED) is 0.367. The van der Waals surface area contributed by atoms with E-state index in [1.807, 2.05) is 66.2 Å². The van der Waals surface area contributed by atoms with Crippen LogP contribution in [0.4, 0.5) is 5.69 Å². The van der Waals surface area contributed by atoms with Gasteiger partial charge in [-0.05, 0) is 29.0 Å². The number of hydrogen-bond donors (Lipinski definition) is 1. The van der Waals surface area contributed by atoms with Crippen molar-refractivity contribution in [1.82, 2.24) is 14.8 Å². The number of amides is 1. The minimum atomic E-state index is -0.0698. The Morgan fingerprint density at radius 1 is 1.03 bits per heavy atom. The van der Waals surface area contributed by atoms with Gasteiger partial charge in [-0.2, -0.15) is 0 Å². The average molecular weight is 447 g/mol. The monoisotopic (exact) mass is 446 g/mol. The fraction of sp³-hybridized carbons (Fsp3) is 0.240. The molecule has 3 aromatic carbocycles. The van der Waals surface area contributed by atoms with Crippen LogP contribution >= 0.6 is 11.8 Å². The molecule has 0 aliphatic carbocycles. The zero-order valence-electron chi connectivity index (χ0n) is 18.4. The van der Waals surface area contributed by atoms with Gasteiger partial charge in [-0.15, -0.1) is 10.2 Å². The number of thioether (sulfide) groups is 1. The van der Waals surface area contributed by atoms with Gasteiger partial charge in [0.1, 0.15) is 12.4 Å². The summed E-state index contributed by atoms with van der Waals surface area (Å²) in [5.74, 6) is 2.03. The molecule has 0 aliphatic rings. The van der Waals surface area contributed by atoms with Crippen molar-refractivity contribution < 1.29 is 9.53 Å².